The largest absolute Gasteiger partial charge is 0.227 e. The summed E-state index contributed by atoms with van der Waals surface area (Å²) in [4.78, 5) is 12.7. The third kappa shape index (κ3) is 3.07. The molecule has 3 nitrogen and oxygen atoms in total. The first-order chi connectivity index (χ1) is 7.63. The third-order valence-corrected chi connectivity index (χ3v) is 2.95. The van der Waals surface area contributed by atoms with Crippen LogP contribution in [0, 0.1) is 6.92 Å². The van der Waals surface area contributed by atoms with Crippen molar-refractivity contribution in [3.8, 4) is 0 Å². The van der Waals surface area contributed by atoms with E-state index in [1.165, 1.54) is 17.3 Å². The van der Waals surface area contributed by atoms with E-state index in [0.717, 1.165) is 4.90 Å². The number of hydrogen-bond acceptors (Lipinski definition) is 4. The molecule has 0 spiro atoms. The summed E-state index contributed by atoms with van der Waals surface area (Å²) in [5.74, 6) is 0. The van der Waals surface area contributed by atoms with Crippen LogP contribution in [0.5, 0.6) is 0 Å². The molecule has 0 saturated carbocycles. The number of benzene rings is 1. The number of hydrogen-bond donors (Lipinski definition) is 0. The first-order valence-corrected chi connectivity index (χ1v) is 6.02. The molecule has 0 bridgehead atoms. The normalized spacial score (nSPS) is 10.4. The van der Waals surface area contributed by atoms with E-state index in [2.05, 4.69) is 15.0 Å². The number of aromatic nitrogens is 3. The summed E-state index contributed by atoms with van der Waals surface area (Å²) in [6, 6.07) is 8.01. The van der Waals surface area contributed by atoms with Gasteiger partial charge < -0.3 is 0 Å². The minimum absolute atomic E-state index is 0.107. The Balaban J connectivity index is 2.27. The third-order valence-electron chi connectivity index (χ3n) is 1.76. The molecule has 0 radical (unpaired) electrons. The van der Waals surface area contributed by atoms with Crippen molar-refractivity contribution in [3.05, 3.63) is 40.4 Å². The lowest BCUT2D eigenvalue weighted by Gasteiger charge is -2.01. The van der Waals surface area contributed by atoms with Gasteiger partial charge in [0, 0.05) is 4.90 Å². The molecule has 0 amide bonds. The van der Waals surface area contributed by atoms with Gasteiger partial charge in [-0.05, 0) is 54.0 Å². The molecule has 0 aliphatic heterocycles. The lowest BCUT2D eigenvalue weighted by atomic mass is 10.2. The molecule has 6 heteroatoms. The van der Waals surface area contributed by atoms with Gasteiger partial charge in [-0.25, -0.2) is 0 Å². The second kappa shape index (κ2) is 4.99. The van der Waals surface area contributed by atoms with Crippen molar-refractivity contribution < 1.29 is 0 Å². The summed E-state index contributed by atoms with van der Waals surface area (Å²) < 4.78 is 0. The summed E-state index contributed by atoms with van der Waals surface area (Å²) in [5.41, 5.74) is 1.18. The molecule has 0 N–H and O–H groups in total. The predicted molar refractivity (Wildman–Crippen MR) is 65.1 cm³/mol. The highest BCUT2D eigenvalue weighted by Crippen LogP contribution is 2.26. The van der Waals surface area contributed by atoms with Crippen LogP contribution in [0.3, 0.4) is 0 Å². The van der Waals surface area contributed by atoms with Gasteiger partial charge >= 0.3 is 0 Å². The molecular formula is C10H7Cl2N3S. The number of aryl methyl sites for hydroxylation is 1. The Hall–Kier alpha value is -0.840. The van der Waals surface area contributed by atoms with Gasteiger partial charge in [-0.15, -0.1) is 0 Å². The van der Waals surface area contributed by atoms with Crippen molar-refractivity contribution >= 4 is 35.0 Å². The molecule has 2 rings (SSSR count). The molecule has 0 atom stereocenters. The Morgan fingerprint density at radius 3 is 2.38 bits per heavy atom. The molecule has 16 heavy (non-hydrogen) atoms. The average Bonchev–Trinajstić information content (AvgIpc) is 2.15. The van der Waals surface area contributed by atoms with E-state index < -0.39 is 0 Å². The van der Waals surface area contributed by atoms with Crippen LogP contribution in [-0.2, 0) is 0 Å². The zero-order valence-electron chi connectivity index (χ0n) is 8.32. The Morgan fingerprint density at radius 1 is 1.06 bits per heavy atom. The molecule has 1 aromatic carbocycles. The fourth-order valence-corrected chi connectivity index (χ4v) is 2.47. The van der Waals surface area contributed by atoms with Crippen LogP contribution in [0.15, 0.2) is 34.3 Å². The highest BCUT2D eigenvalue weighted by molar-refractivity contribution is 7.99. The van der Waals surface area contributed by atoms with Gasteiger partial charge in [-0.2, -0.15) is 15.0 Å². The molecule has 0 aliphatic carbocycles. The van der Waals surface area contributed by atoms with Crippen LogP contribution in [0.2, 0.25) is 10.6 Å². The van der Waals surface area contributed by atoms with E-state index in [4.69, 9.17) is 23.2 Å². The van der Waals surface area contributed by atoms with E-state index in [-0.39, 0.29) is 10.6 Å². The van der Waals surface area contributed by atoms with Gasteiger partial charge in [0.1, 0.15) is 0 Å². The minimum atomic E-state index is 0.107. The van der Waals surface area contributed by atoms with Crippen molar-refractivity contribution in [2.75, 3.05) is 0 Å². The minimum Gasteiger partial charge on any atom is -0.191 e. The molecule has 2 aromatic rings. The van der Waals surface area contributed by atoms with Crippen molar-refractivity contribution in [3.63, 3.8) is 0 Å². The van der Waals surface area contributed by atoms with Gasteiger partial charge in [0.05, 0.1) is 0 Å². The average molecular weight is 272 g/mol. The van der Waals surface area contributed by atoms with Gasteiger partial charge in [0.25, 0.3) is 0 Å². The molecule has 0 fully saturated rings. The topological polar surface area (TPSA) is 38.7 Å². The second-order valence-corrected chi connectivity index (χ2v) is 4.79. The Labute approximate surface area is 107 Å². The highest BCUT2D eigenvalue weighted by Gasteiger charge is 2.05. The van der Waals surface area contributed by atoms with Crippen LogP contribution in [0.1, 0.15) is 5.56 Å². The monoisotopic (exact) mass is 271 g/mol. The van der Waals surface area contributed by atoms with E-state index >= 15 is 0 Å². The molecule has 1 aromatic heterocycles. The fourth-order valence-electron chi connectivity index (χ4n) is 1.14. The second-order valence-electron chi connectivity index (χ2n) is 3.07. The maximum absolute atomic E-state index is 5.69. The first kappa shape index (κ1) is 11.6. The maximum Gasteiger partial charge on any atom is 0.227 e. The summed E-state index contributed by atoms with van der Waals surface area (Å²) in [6.07, 6.45) is 0. The quantitative estimate of drug-likeness (QED) is 0.836. The van der Waals surface area contributed by atoms with Crippen molar-refractivity contribution in [2.24, 2.45) is 0 Å². The molecule has 0 aliphatic rings. The van der Waals surface area contributed by atoms with E-state index in [1.807, 2.05) is 31.2 Å². The summed E-state index contributed by atoms with van der Waals surface area (Å²) in [6.45, 7) is 2.03. The molecule has 0 unspecified atom stereocenters. The van der Waals surface area contributed by atoms with Crippen molar-refractivity contribution in [1.29, 1.82) is 0 Å². The highest BCUT2D eigenvalue weighted by atomic mass is 35.5. The number of halogens is 2. The SMILES string of the molecule is Cc1cccc(Sc2nc(Cl)nc(Cl)n2)c1. The van der Waals surface area contributed by atoms with Gasteiger partial charge in [-0.3, -0.25) is 0 Å². The molecule has 82 valence electrons. The van der Waals surface area contributed by atoms with Gasteiger partial charge in [-0.1, -0.05) is 17.7 Å². The van der Waals surface area contributed by atoms with Crippen molar-refractivity contribution in [1.82, 2.24) is 15.0 Å². The lowest BCUT2D eigenvalue weighted by molar-refractivity contribution is 0.904. The maximum atomic E-state index is 5.69. The van der Waals surface area contributed by atoms with E-state index in [0.29, 0.717) is 5.16 Å². The summed E-state index contributed by atoms with van der Waals surface area (Å²) in [5, 5.41) is 0.709. The van der Waals surface area contributed by atoms with Gasteiger partial charge in [0.15, 0.2) is 5.16 Å². The lowest BCUT2D eigenvalue weighted by Crippen LogP contribution is -1.91. The van der Waals surface area contributed by atoms with Crippen LogP contribution in [-0.4, -0.2) is 15.0 Å². The van der Waals surface area contributed by atoms with Crippen LogP contribution in [0.25, 0.3) is 0 Å². The Bertz CT molecular complexity index is 499. The molecule has 1 heterocycles. The first-order valence-electron chi connectivity index (χ1n) is 4.45. The van der Waals surface area contributed by atoms with Crippen molar-refractivity contribution in [2.45, 2.75) is 17.0 Å². The van der Waals surface area contributed by atoms with Crippen LogP contribution >= 0.6 is 35.0 Å². The van der Waals surface area contributed by atoms with E-state index in [9.17, 15) is 0 Å². The number of rotatable bonds is 2. The Morgan fingerprint density at radius 2 is 1.75 bits per heavy atom. The summed E-state index contributed by atoms with van der Waals surface area (Å²) in [7, 11) is 0. The van der Waals surface area contributed by atoms with E-state index in [1.54, 1.807) is 0 Å². The van der Waals surface area contributed by atoms with Crippen LogP contribution in [0.4, 0.5) is 0 Å². The fraction of sp³-hybridized carbons (Fsp3) is 0.100. The standard InChI is InChI=1S/C10H7Cl2N3S/c1-6-3-2-4-7(5-6)16-10-14-8(11)13-9(12)15-10/h2-5H,1H3. The number of nitrogens with zero attached hydrogens (tertiary/aromatic N) is 3. The Kier molecular flexibility index (Phi) is 3.63. The van der Waals surface area contributed by atoms with Gasteiger partial charge in [0.2, 0.25) is 10.6 Å². The van der Waals surface area contributed by atoms with Crippen LogP contribution < -0.4 is 0 Å². The molecule has 0 saturated heterocycles. The predicted octanol–water partition coefficient (Wildman–Crippen LogP) is 3.64. The molecular weight excluding hydrogens is 265 g/mol. The zero-order chi connectivity index (χ0) is 11.5. The summed E-state index contributed by atoms with van der Waals surface area (Å²) >= 11 is 12.8. The zero-order valence-corrected chi connectivity index (χ0v) is 10.6. The smallest absolute Gasteiger partial charge is 0.191 e.